The normalized spacial score (nSPS) is 17.0. The second-order valence-corrected chi connectivity index (χ2v) is 7.47. The van der Waals surface area contributed by atoms with Gasteiger partial charge >= 0.3 is 5.97 Å². The molecule has 0 saturated carbocycles. The lowest BCUT2D eigenvalue weighted by Gasteiger charge is -2.16. The van der Waals surface area contributed by atoms with Crippen LogP contribution in [0.4, 0.5) is 5.95 Å². The van der Waals surface area contributed by atoms with Gasteiger partial charge < -0.3 is 20.3 Å². The van der Waals surface area contributed by atoms with Gasteiger partial charge in [0.25, 0.3) is 5.91 Å². The van der Waals surface area contributed by atoms with Crippen molar-refractivity contribution in [3.05, 3.63) is 40.7 Å². The number of aromatic carboxylic acids is 1. The average molecular weight is 371 g/mol. The van der Waals surface area contributed by atoms with Crippen LogP contribution in [-0.2, 0) is 0 Å². The Morgan fingerprint density at radius 1 is 1.38 bits per heavy atom. The second-order valence-electron chi connectivity index (χ2n) is 6.21. The van der Waals surface area contributed by atoms with Crippen LogP contribution < -0.4 is 10.2 Å². The van der Waals surface area contributed by atoms with Crippen LogP contribution in [0, 0.1) is 6.92 Å². The Morgan fingerprint density at radius 2 is 2.15 bits per heavy atom. The summed E-state index contributed by atoms with van der Waals surface area (Å²) < 4.78 is 0.774. The second kappa shape index (κ2) is 6.41. The first-order chi connectivity index (χ1) is 12.5. The number of thiophene rings is 1. The van der Waals surface area contributed by atoms with Gasteiger partial charge in [-0.15, -0.1) is 11.3 Å². The van der Waals surface area contributed by atoms with Crippen LogP contribution in [-0.4, -0.2) is 51.1 Å². The van der Waals surface area contributed by atoms with E-state index in [4.69, 9.17) is 0 Å². The molecule has 3 aromatic rings. The summed E-state index contributed by atoms with van der Waals surface area (Å²) in [6.45, 7) is 3.18. The van der Waals surface area contributed by atoms with Gasteiger partial charge in [0.1, 0.15) is 5.69 Å². The number of carboxylic acids is 1. The third kappa shape index (κ3) is 2.90. The molecule has 0 aromatic carbocycles. The summed E-state index contributed by atoms with van der Waals surface area (Å²) >= 11 is 1.37. The van der Waals surface area contributed by atoms with Crippen molar-refractivity contribution in [2.75, 3.05) is 18.0 Å². The van der Waals surface area contributed by atoms with Crippen molar-refractivity contribution >= 4 is 39.4 Å². The topological polar surface area (TPSA) is 111 Å². The fourth-order valence-corrected chi connectivity index (χ4v) is 4.30. The number of carbonyl (C=O) groups is 2. The Balaban J connectivity index is 1.47. The van der Waals surface area contributed by atoms with Crippen LogP contribution in [0.1, 0.15) is 32.1 Å². The monoisotopic (exact) mass is 371 g/mol. The molecule has 4 rings (SSSR count). The third-order valence-corrected chi connectivity index (χ3v) is 5.52. The maximum absolute atomic E-state index is 12.5. The molecule has 1 fully saturated rings. The maximum atomic E-state index is 12.5. The minimum absolute atomic E-state index is 0.00618. The number of anilines is 1. The highest BCUT2D eigenvalue weighted by molar-refractivity contribution is 7.19. The number of nitrogens with one attached hydrogen (secondary N) is 2. The molecule has 1 amide bonds. The molecule has 9 heteroatoms. The highest BCUT2D eigenvalue weighted by Gasteiger charge is 2.27. The van der Waals surface area contributed by atoms with Gasteiger partial charge in [-0.05, 0) is 25.5 Å². The Kier molecular flexibility index (Phi) is 4.08. The Hall–Kier alpha value is -2.94. The number of fused-ring (bicyclic) bond motifs is 1. The molecular formula is C17H17N5O3S. The number of aryl methyl sites for hydroxylation is 1. The third-order valence-electron chi connectivity index (χ3n) is 4.46. The smallest absolute Gasteiger partial charge is 0.338 e. The van der Waals surface area contributed by atoms with E-state index in [9.17, 15) is 14.7 Å². The van der Waals surface area contributed by atoms with Gasteiger partial charge in [-0.2, -0.15) is 0 Å². The predicted molar refractivity (Wildman–Crippen MR) is 98.0 cm³/mol. The summed E-state index contributed by atoms with van der Waals surface area (Å²) in [6.07, 6.45) is 4.20. The first kappa shape index (κ1) is 16.5. The number of hydrogen-bond acceptors (Lipinski definition) is 6. The van der Waals surface area contributed by atoms with Crippen molar-refractivity contribution in [1.82, 2.24) is 20.3 Å². The van der Waals surface area contributed by atoms with Gasteiger partial charge in [0.05, 0.1) is 15.8 Å². The summed E-state index contributed by atoms with van der Waals surface area (Å²) in [5.74, 6) is -0.564. The van der Waals surface area contributed by atoms with Crippen LogP contribution in [0.2, 0.25) is 0 Å². The van der Waals surface area contributed by atoms with Gasteiger partial charge in [0, 0.05) is 36.4 Å². The van der Waals surface area contributed by atoms with Gasteiger partial charge in [0.2, 0.25) is 5.95 Å². The van der Waals surface area contributed by atoms with E-state index in [0.717, 1.165) is 22.5 Å². The molecule has 0 aliphatic carbocycles. The van der Waals surface area contributed by atoms with Gasteiger partial charge in [-0.3, -0.25) is 4.79 Å². The molecule has 4 heterocycles. The number of carboxylic acid groups (broad SMARTS) is 1. The summed E-state index contributed by atoms with van der Waals surface area (Å²) in [5, 5.41) is 12.3. The van der Waals surface area contributed by atoms with E-state index < -0.39 is 5.97 Å². The van der Waals surface area contributed by atoms with Crippen molar-refractivity contribution in [3.63, 3.8) is 0 Å². The van der Waals surface area contributed by atoms with Gasteiger partial charge in [-0.25, -0.2) is 14.8 Å². The van der Waals surface area contributed by atoms with Crippen molar-refractivity contribution in [2.45, 2.75) is 19.4 Å². The zero-order chi connectivity index (χ0) is 18.3. The molecule has 134 valence electrons. The Bertz CT molecular complexity index is 981. The zero-order valence-electron chi connectivity index (χ0n) is 14.0. The molecule has 0 spiro atoms. The fourth-order valence-electron chi connectivity index (χ4n) is 3.25. The highest BCUT2D eigenvalue weighted by Crippen LogP contribution is 2.31. The lowest BCUT2D eigenvalue weighted by atomic mass is 10.2. The van der Waals surface area contributed by atoms with E-state index in [1.807, 2.05) is 4.90 Å². The van der Waals surface area contributed by atoms with Crippen molar-refractivity contribution in [1.29, 1.82) is 0 Å². The van der Waals surface area contributed by atoms with E-state index in [0.29, 0.717) is 23.7 Å². The van der Waals surface area contributed by atoms with E-state index >= 15 is 0 Å². The molecule has 1 aliphatic rings. The quantitative estimate of drug-likeness (QED) is 0.647. The molecule has 1 unspecified atom stereocenters. The number of carbonyl (C=O) groups excluding carboxylic acids is 1. The molecule has 1 saturated heterocycles. The first-order valence-corrected chi connectivity index (χ1v) is 9.03. The lowest BCUT2D eigenvalue weighted by molar-refractivity contribution is 0.0698. The number of H-pyrrole nitrogens is 1. The number of aromatic amines is 1. The largest absolute Gasteiger partial charge is 0.478 e. The van der Waals surface area contributed by atoms with Crippen LogP contribution in [0.15, 0.2) is 24.5 Å². The number of rotatable bonds is 4. The van der Waals surface area contributed by atoms with Crippen LogP contribution in [0.5, 0.6) is 0 Å². The molecular weight excluding hydrogens is 354 g/mol. The number of nitrogens with zero attached hydrogens (tertiary/aromatic N) is 3. The van der Waals surface area contributed by atoms with Crippen LogP contribution in [0.3, 0.4) is 0 Å². The number of amides is 1. The van der Waals surface area contributed by atoms with E-state index in [1.54, 1.807) is 31.5 Å². The molecule has 0 bridgehead atoms. The van der Waals surface area contributed by atoms with Crippen LogP contribution >= 0.6 is 11.3 Å². The number of hydrogen-bond donors (Lipinski definition) is 3. The fraction of sp³-hybridized carbons (Fsp3) is 0.294. The average Bonchev–Trinajstić information content (AvgIpc) is 3.29. The highest BCUT2D eigenvalue weighted by atomic mass is 32.1. The first-order valence-electron chi connectivity index (χ1n) is 8.21. The molecule has 3 aromatic heterocycles. The lowest BCUT2D eigenvalue weighted by Crippen LogP contribution is -2.37. The van der Waals surface area contributed by atoms with Crippen molar-refractivity contribution in [2.24, 2.45) is 0 Å². The van der Waals surface area contributed by atoms with Crippen molar-refractivity contribution in [3.8, 4) is 0 Å². The Morgan fingerprint density at radius 3 is 2.88 bits per heavy atom. The molecule has 0 radical (unpaired) electrons. The molecule has 3 N–H and O–H groups in total. The predicted octanol–water partition coefficient (Wildman–Crippen LogP) is 2.03. The number of aromatic nitrogens is 3. The zero-order valence-corrected chi connectivity index (χ0v) is 14.8. The molecule has 1 aliphatic heterocycles. The maximum Gasteiger partial charge on any atom is 0.338 e. The van der Waals surface area contributed by atoms with E-state index in [2.05, 4.69) is 20.3 Å². The molecule has 1 atom stereocenters. The van der Waals surface area contributed by atoms with Crippen molar-refractivity contribution < 1.29 is 14.7 Å². The summed E-state index contributed by atoms with van der Waals surface area (Å²) in [6, 6.07) is 3.47. The van der Waals surface area contributed by atoms with Gasteiger partial charge in [-0.1, -0.05) is 0 Å². The summed E-state index contributed by atoms with van der Waals surface area (Å²) in [7, 11) is 0. The molecule has 8 nitrogen and oxygen atoms in total. The minimum atomic E-state index is -0.989. The standard InChI is InChI=1S/C17H17N5O3S/c1-9-13(16(24)25)14-12(26-9)7-11(21-14)15(23)20-10-3-6-22(8-10)17-18-4-2-5-19-17/h2,4-5,7,10,21H,3,6,8H2,1H3,(H,20,23)(H,24,25). The minimum Gasteiger partial charge on any atom is -0.478 e. The van der Waals surface area contributed by atoms with E-state index in [1.165, 1.54) is 11.3 Å². The SMILES string of the molecule is Cc1sc2cc(C(=O)NC3CCN(c4ncccn4)C3)[nH]c2c1C(=O)O. The Labute approximate surface area is 152 Å². The van der Waals surface area contributed by atoms with E-state index in [-0.39, 0.29) is 17.5 Å². The van der Waals surface area contributed by atoms with Crippen LogP contribution in [0.25, 0.3) is 10.2 Å². The molecule has 26 heavy (non-hydrogen) atoms. The van der Waals surface area contributed by atoms with Gasteiger partial charge in [0.15, 0.2) is 0 Å². The summed E-state index contributed by atoms with van der Waals surface area (Å²) in [5.41, 5.74) is 1.12. The summed E-state index contributed by atoms with van der Waals surface area (Å²) in [4.78, 5) is 38.1.